The molecule has 2 heterocycles. The average Bonchev–Trinajstić information content (AvgIpc) is 3.26. The van der Waals surface area contributed by atoms with Crippen molar-refractivity contribution >= 4 is 39.0 Å². The number of para-hydroxylation sites is 1. The molecule has 184 valence electrons. The number of thioether (sulfide) groups is 1. The van der Waals surface area contributed by atoms with Crippen molar-refractivity contribution in [1.29, 1.82) is 0 Å². The summed E-state index contributed by atoms with van der Waals surface area (Å²) in [6.07, 6.45) is 1.64. The van der Waals surface area contributed by atoms with Crippen LogP contribution in [0.2, 0.25) is 0 Å². The highest BCUT2D eigenvalue weighted by Gasteiger charge is 2.29. The minimum Gasteiger partial charge on any atom is -0.378 e. The molecule has 2 aliphatic heterocycles. The molecule has 0 N–H and O–H groups in total. The number of hydrogen-bond acceptors (Lipinski definition) is 7. The maximum atomic E-state index is 12.7. The van der Waals surface area contributed by atoms with Gasteiger partial charge in [-0.2, -0.15) is 13.4 Å². The molecule has 0 unspecified atom stereocenters. The maximum absolute atomic E-state index is 12.7. The van der Waals surface area contributed by atoms with E-state index in [9.17, 15) is 13.2 Å². The first kappa shape index (κ1) is 24.3. The number of amides is 1. The van der Waals surface area contributed by atoms with Crippen LogP contribution in [0.25, 0.3) is 6.08 Å². The summed E-state index contributed by atoms with van der Waals surface area (Å²) in [6, 6.07) is 25.1. The van der Waals surface area contributed by atoms with E-state index < -0.39 is 10.1 Å². The molecule has 5 rings (SSSR count). The molecule has 36 heavy (non-hydrogen) atoms. The van der Waals surface area contributed by atoms with E-state index in [2.05, 4.69) is 39.1 Å². The summed E-state index contributed by atoms with van der Waals surface area (Å²) in [6.45, 7) is 4.25. The van der Waals surface area contributed by atoms with Crippen LogP contribution in [0.1, 0.15) is 11.1 Å². The summed E-state index contributed by atoms with van der Waals surface area (Å²) in [5.74, 6) is -0.173. The average molecular weight is 520 g/mol. The van der Waals surface area contributed by atoms with Gasteiger partial charge in [0.25, 0.3) is 5.91 Å². The second kappa shape index (κ2) is 10.7. The SMILES string of the molecule is O=C1N=C(N2CCN(Cc3ccccc3)CC2)S/C1=C/c1ccccc1OS(=O)(=O)c1ccccc1. The Bertz CT molecular complexity index is 1400. The number of carbonyl (C=O) groups is 1. The lowest BCUT2D eigenvalue weighted by Gasteiger charge is -2.35. The lowest BCUT2D eigenvalue weighted by Crippen LogP contribution is -2.47. The van der Waals surface area contributed by atoms with Gasteiger partial charge in [0.05, 0.1) is 4.91 Å². The van der Waals surface area contributed by atoms with Gasteiger partial charge in [-0.3, -0.25) is 9.69 Å². The van der Waals surface area contributed by atoms with E-state index in [-0.39, 0.29) is 16.6 Å². The van der Waals surface area contributed by atoms with E-state index >= 15 is 0 Å². The summed E-state index contributed by atoms with van der Waals surface area (Å²) in [7, 11) is -4.00. The summed E-state index contributed by atoms with van der Waals surface area (Å²) >= 11 is 1.31. The Morgan fingerprint density at radius 2 is 1.50 bits per heavy atom. The van der Waals surface area contributed by atoms with Gasteiger partial charge in [-0.15, -0.1) is 0 Å². The second-order valence-electron chi connectivity index (χ2n) is 8.45. The second-order valence-corrected chi connectivity index (χ2v) is 11.0. The number of aliphatic imine (C=N–C) groups is 1. The third-order valence-corrected chi connectivity index (χ3v) is 8.23. The van der Waals surface area contributed by atoms with Crippen molar-refractivity contribution in [3.63, 3.8) is 0 Å². The summed E-state index contributed by atoms with van der Waals surface area (Å²) in [4.78, 5) is 22.0. The predicted octanol–water partition coefficient (Wildman–Crippen LogP) is 4.24. The van der Waals surface area contributed by atoms with Crippen molar-refractivity contribution in [3.05, 3.63) is 101 Å². The molecule has 0 atom stereocenters. The molecule has 3 aromatic rings. The quantitative estimate of drug-likeness (QED) is 0.356. The lowest BCUT2D eigenvalue weighted by molar-refractivity contribution is -0.113. The molecule has 1 fully saturated rings. The fourth-order valence-electron chi connectivity index (χ4n) is 4.04. The van der Waals surface area contributed by atoms with Crippen LogP contribution in [0.3, 0.4) is 0 Å². The molecular weight excluding hydrogens is 494 g/mol. The van der Waals surface area contributed by atoms with Crippen molar-refractivity contribution in [1.82, 2.24) is 9.80 Å². The normalized spacial score (nSPS) is 17.9. The molecule has 0 bridgehead atoms. The molecule has 9 heteroatoms. The van der Waals surface area contributed by atoms with E-state index in [0.29, 0.717) is 15.6 Å². The minimum absolute atomic E-state index is 0.0656. The van der Waals surface area contributed by atoms with Crippen molar-refractivity contribution in [2.24, 2.45) is 4.99 Å². The molecule has 2 aliphatic rings. The summed E-state index contributed by atoms with van der Waals surface area (Å²) in [5, 5.41) is 0.681. The Morgan fingerprint density at radius 3 is 2.22 bits per heavy atom. The third kappa shape index (κ3) is 5.70. The van der Waals surface area contributed by atoms with Gasteiger partial charge < -0.3 is 9.08 Å². The number of amidine groups is 1. The third-order valence-electron chi connectivity index (χ3n) is 5.94. The zero-order valence-corrected chi connectivity index (χ0v) is 21.1. The largest absolute Gasteiger partial charge is 0.378 e. The highest BCUT2D eigenvalue weighted by Crippen LogP contribution is 2.33. The van der Waals surface area contributed by atoms with Crippen LogP contribution in [0.5, 0.6) is 5.75 Å². The number of benzene rings is 3. The van der Waals surface area contributed by atoms with Crippen molar-refractivity contribution in [3.8, 4) is 5.75 Å². The Labute approximate surface area is 215 Å². The van der Waals surface area contributed by atoms with Crippen molar-refractivity contribution < 1.29 is 17.4 Å². The molecule has 0 spiro atoms. The van der Waals surface area contributed by atoms with Crippen LogP contribution in [-0.2, 0) is 21.5 Å². The van der Waals surface area contributed by atoms with Gasteiger partial charge in [-0.25, -0.2) is 0 Å². The molecule has 0 aromatic heterocycles. The lowest BCUT2D eigenvalue weighted by atomic mass is 10.2. The number of carbonyl (C=O) groups excluding carboxylic acids is 1. The van der Waals surface area contributed by atoms with Gasteiger partial charge in [0.1, 0.15) is 10.6 Å². The molecule has 7 nitrogen and oxygen atoms in total. The van der Waals surface area contributed by atoms with Crippen LogP contribution in [0.4, 0.5) is 0 Å². The molecule has 0 saturated carbocycles. The van der Waals surface area contributed by atoms with Crippen LogP contribution in [0.15, 0.2) is 99.7 Å². The minimum atomic E-state index is -4.00. The monoisotopic (exact) mass is 519 g/mol. The van der Waals surface area contributed by atoms with Crippen LogP contribution in [-0.4, -0.2) is 55.5 Å². The van der Waals surface area contributed by atoms with E-state index in [1.54, 1.807) is 48.5 Å². The standard InChI is InChI=1S/C27H25N3O4S2/c31-26-25(19-22-11-7-8-14-24(22)34-36(32,33)23-12-5-2-6-13-23)35-27(28-26)30-17-15-29(16-18-30)20-21-9-3-1-4-10-21/h1-14,19H,15-18,20H2/b25-19+. The van der Waals surface area contributed by atoms with Gasteiger partial charge in [0.2, 0.25) is 0 Å². The van der Waals surface area contributed by atoms with Crippen LogP contribution < -0.4 is 4.18 Å². The molecule has 0 aliphatic carbocycles. The fraction of sp³-hybridized carbons (Fsp3) is 0.185. The molecule has 0 radical (unpaired) electrons. The maximum Gasteiger partial charge on any atom is 0.339 e. The van der Waals surface area contributed by atoms with Gasteiger partial charge in [0.15, 0.2) is 5.17 Å². The molecule has 1 amide bonds. The summed E-state index contributed by atoms with van der Waals surface area (Å²) < 4.78 is 30.8. The van der Waals surface area contributed by atoms with Crippen LogP contribution in [0, 0.1) is 0 Å². The van der Waals surface area contributed by atoms with E-state index in [0.717, 1.165) is 32.7 Å². The highest BCUT2D eigenvalue weighted by molar-refractivity contribution is 8.18. The van der Waals surface area contributed by atoms with Gasteiger partial charge in [-0.1, -0.05) is 66.7 Å². The van der Waals surface area contributed by atoms with Gasteiger partial charge in [-0.05, 0) is 41.6 Å². The Hall–Kier alpha value is -3.40. The van der Waals surface area contributed by atoms with Gasteiger partial charge >= 0.3 is 10.1 Å². The molecular formula is C27H25N3O4S2. The number of piperazine rings is 1. The van der Waals surface area contributed by atoms with E-state index in [1.165, 1.54) is 29.5 Å². The number of hydrogen-bond donors (Lipinski definition) is 0. The number of nitrogens with zero attached hydrogens (tertiary/aromatic N) is 3. The van der Waals surface area contributed by atoms with E-state index in [1.807, 2.05) is 6.07 Å². The zero-order chi connectivity index (χ0) is 25.0. The highest BCUT2D eigenvalue weighted by atomic mass is 32.2. The molecule has 3 aromatic carbocycles. The summed E-state index contributed by atoms with van der Waals surface area (Å²) in [5.41, 5.74) is 1.78. The topological polar surface area (TPSA) is 79.3 Å². The van der Waals surface area contributed by atoms with E-state index in [4.69, 9.17) is 4.18 Å². The molecule has 1 saturated heterocycles. The number of rotatable bonds is 6. The first-order chi connectivity index (χ1) is 17.5. The van der Waals surface area contributed by atoms with Crippen molar-refractivity contribution in [2.75, 3.05) is 26.2 Å². The Balaban J connectivity index is 1.25. The predicted molar refractivity (Wildman–Crippen MR) is 142 cm³/mol. The smallest absolute Gasteiger partial charge is 0.339 e. The first-order valence-corrected chi connectivity index (χ1v) is 13.8. The van der Waals surface area contributed by atoms with Gasteiger partial charge in [0, 0.05) is 38.3 Å². The fourth-order valence-corrected chi connectivity index (χ4v) is 5.97. The Morgan fingerprint density at radius 1 is 0.861 bits per heavy atom. The zero-order valence-electron chi connectivity index (χ0n) is 19.5. The first-order valence-electron chi connectivity index (χ1n) is 11.6. The Kier molecular flexibility index (Phi) is 7.22. The van der Waals surface area contributed by atoms with Crippen LogP contribution >= 0.6 is 11.8 Å². The van der Waals surface area contributed by atoms with Crippen molar-refractivity contribution in [2.45, 2.75) is 11.4 Å².